The first-order valence-electron chi connectivity index (χ1n) is 7.24. The summed E-state index contributed by atoms with van der Waals surface area (Å²) in [5, 5.41) is 4.26. The molecule has 0 radical (unpaired) electrons. The molecule has 2 aromatic rings. The number of benzene rings is 1. The summed E-state index contributed by atoms with van der Waals surface area (Å²) in [7, 11) is 3.67. The second-order valence-electron chi connectivity index (χ2n) is 5.81. The van der Waals surface area contributed by atoms with Gasteiger partial charge in [0, 0.05) is 14.1 Å². The van der Waals surface area contributed by atoms with Gasteiger partial charge in [-0.3, -0.25) is 9.48 Å². The van der Waals surface area contributed by atoms with E-state index < -0.39 is 0 Å². The molecule has 0 aliphatic carbocycles. The smallest absolute Gasteiger partial charge is 0.272 e. The van der Waals surface area contributed by atoms with Crippen molar-refractivity contribution in [1.29, 1.82) is 0 Å². The van der Waals surface area contributed by atoms with Gasteiger partial charge in [-0.1, -0.05) is 44.2 Å². The van der Waals surface area contributed by atoms with Crippen LogP contribution in [0.25, 0.3) is 0 Å². The van der Waals surface area contributed by atoms with E-state index in [1.807, 2.05) is 43.1 Å². The number of hydrogen-bond acceptors (Lipinski definition) is 2. The Morgan fingerprint density at radius 2 is 1.86 bits per heavy atom. The molecule has 0 fully saturated rings. The number of amides is 1. The zero-order valence-corrected chi connectivity index (χ0v) is 13.4. The van der Waals surface area contributed by atoms with Gasteiger partial charge >= 0.3 is 0 Å². The van der Waals surface area contributed by atoms with Gasteiger partial charge in [0.2, 0.25) is 0 Å². The lowest BCUT2D eigenvalue weighted by atomic mass is 9.94. The standard InChI is InChI=1S/C17H23N3O/c1-12(2)16(14-9-7-6-8-10-14)19(4)17(21)15-11-13(3)18-20(15)5/h6-12,16H,1-5H3/t16-/m1/s1. The summed E-state index contributed by atoms with van der Waals surface area (Å²) < 4.78 is 1.65. The van der Waals surface area contributed by atoms with Crippen LogP contribution in [0.1, 0.15) is 41.6 Å². The molecule has 2 rings (SSSR count). The maximum atomic E-state index is 12.8. The number of carbonyl (C=O) groups is 1. The molecule has 0 bridgehead atoms. The predicted molar refractivity (Wildman–Crippen MR) is 84.1 cm³/mol. The first-order valence-corrected chi connectivity index (χ1v) is 7.24. The van der Waals surface area contributed by atoms with Crippen molar-refractivity contribution >= 4 is 5.91 Å². The van der Waals surface area contributed by atoms with Crippen LogP contribution in [0.5, 0.6) is 0 Å². The average molecular weight is 285 g/mol. The van der Waals surface area contributed by atoms with Crippen molar-refractivity contribution in [3.8, 4) is 0 Å². The van der Waals surface area contributed by atoms with Crippen LogP contribution in [0.2, 0.25) is 0 Å². The molecule has 0 saturated heterocycles. The summed E-state index contributed by atoms with van der Waals surface area (Å²) in [4.78, 5) is 14.6. The molecule has 0 unspecified atom stereocenters. The number of aryl methyl sites for hydroxylation is 2. The van der Waals surface area contributed by atoms with Gasteiger partial charge in [0.15, 0.2) is 0 Å². The largest absolute Gasteiger partial charge is 0.333 e. The highest BCUT2D eigenvalue weighted by Crippen LogP contribution is 2.28. The topological polar surface area (TPSA) is 38.1 Å². The Hall–Kier alpha value is -2.10. The molecule has 1 aromatic heterocycles. The van der Waals surface area contributed by atoms with Gasteiger partial charge in [-0.25, -0.2) is 0 Å². The third kappa shape index (κ3) is 3.15. The Morgan fingerprint density at radius 3 is 2.33 bits per heavy atom. The second-order valence-corrected chi connectivity index (χ2v) is 5.81. The van der Waals surface area contributed by atoms with Crippen molar-refractivity contribution < 1.29 is 4.79 Å². The number of nitrogens with zero attached hydrogens (tertiary/aromatic N) is 3. The highest BCUT2D eigenvalue weighted by molar-refractivity contribution is 5.92. The predicted octanol–water partition coefficient (Wildman–Crippen LogP) is 3.20. The molecule has 0 N–H and O–H groups in total. The Labute approximate surface area is 126 Å². The molecule has 112 valence electrons. The Kier molecular flexibility index (Phi) is 4.46. The molecule has 21 heavy (non-hydrogen) atoms. The van der Waals surface area contributed by atoms with Gasteiger partial charge in [0.1, 0.15) is 5.69 Å². The quantitative estimate of drug-likeness (QED) is 0.865. The van der Waals surface area contributed by atoms with E-state index >= 15 is 0 Å². The van der Waals surface area contributed by atoms with E-state index in [1.165, 1.54) is 0 Å². The summed E-state index contributed by atoms with van der Waals surface area (Å²) in [5.41, 5.74) is 2.63. The lowest BCUT2D eigenvalue weighted by Crippen LogP contribution is -2.35. The lowest BCUT2D eigenvalue weighted by Gasteiger charge is -2.31. The molecular formula is C17H23N3O. The highest BCUT2D eigenvalue weighted by atomic mass is 16.2. The molecule has 1 heterocycles. The van der Waals surface area contributed by atoms with Crippen molar-refractivity contribution in [2.24, 2.45) is 13.0 Å². The highest BCUT2D eigenvalue weighted by Gasteiger charge is 2.27. The van der Waals surface area contributed by atoms with Crippen LogP contribution >= 0.6 is 0 Å². The van der Waals surface area contributed by atoms with E-state index in [1.54, 1.807) is 11.7 Å². The molecule has 4 heteroatoms. The number of aromatic nitrogens is 2. The fourth-order valence-corrected chi connectivity index (χ4v) is 2.82. The molecule has 1 aromatic carbocycles. The zero-order chi connectivity index (χ0) is 15.6. The SMILES string of the molecule is Cc1cc(C(=O)N(C)[C@@H](c2ccccc2)C(C)C)n(C)n1. The molecule has 1 atom stereocenters. The minimum atomic E-state index is 0.000605. The van der Waals surface area contributed by atoms with Gasteiger partial charge in [-0.2, -0.15) is 5.10 Å². The second kappa shape index (κ2) is 6.12. The molecule has 0 saturated carbocycles. The minimum Gasteiger partial charge on any atom is -0.333 e. The van der Waals surface area contributed by atoms with Crippen LogP contribution in [0.4, 0.5) is 0 Å². The van der Waals surface area contributed by atoms with Gasteiger partial charge in [0.05, 0.1) is 11.7 Å². The molecule has 4 nitrogen and oxygen atoms in total. The normalized spacial score (nSPS) is 12.5. The maximum Gasteiger partial charge on any atom is 0.272 e. The van der Waals surface area contributed by atoms with Gasteiger partial charge < -0.3 is 4.90 Å². The molecular weight excluding hydrogens is 262 g/mol. The van der Waals surface area contributed by atoms with Crippen molar-refractivity contribution in [3.63, 3.8) is 0 Å². The Balaban J connectivity index is 2.33. The first-order chi connectivity index (χ1) is 9.91. The van der Waals surface area contributed by atoms with E-state index in [0.29, 0.717) is 11.6 Å². The molecule has 0 spiro atoms. The molecule has 0 aliphatic rings. The van der Waals surface area contributed by atoms with Crippen LogP contribution in [-0.4, -0.2) is 27.6 Å². The maximum absolute atomic E-state index is 12.8. The fourth-order valence-electron chi connectivity index (χ4n) is 2.82. The summed E-state index contributed by atoms with van der Waals surface area (Å²) in [6.45, 7) is 6.17. The van der Waals surface area contributed by atoms with E-state index in [2.05, 4.69) is 31.1 Å². The molecule has 0 aliphatic heterocycles. The van der Waals surface area contributed by atoms with Gasteiger partial charge in [-0.15, -0.1) is 0 Å². The number of carbonyl (C=O) groups excluding carboxylic acids is 1. The third-order valence-corrected chi connectivity index (χ3v) is 3.73. The van der Waals surface area contributed by atoms with Crippen molar-refractivity contribution in [2.45, 2.75) is 26.8 Å². The Bertz CT molecular complexity index is 616. The summed E-state index contributed by atoms with van der Waals surface area (Å²) in [5.74, 6) is 0.330. The third-order valence-electron chi connectivity index (χ3n) is 3.73. The number of rotatable bonds is 4. The number of hydrogen-bond donors (Lipinski definition) is 0. The van der Waals surface area contributed by atoms with E-state index in [0.717, 1.165) is 11.3 Å². The average Bonchev–Trinajstić information content (AvgIpc) is 2.77. The summed E-state index contributed by atoms with van der Waals surface area (Å²) in [6.07, 6.45) is 0. The van der Waals surface area contributed by atoms with Gasteiger partial charge in [0.25, 0.3) is 5.91 Å². The van der Waals surface area contributed by atoms with Crippen molar-refractivity contribution in [3.05, 3.63) is 53.3 Å². The molecule has 1 amide bonds. The van der Waals surface area contributed by atoms with Crippen LogP contribution in [0.15, 0.2) is 36.4 Å². The van der Waals surface area contributed by atoms with Crippen LogP contribution in [-0.2, 0) is 7.05 Å². The Morgan fingerprint density at radius 1 is 1.24 bits per heavy atom. The van der Waals surface area contributed by atoms with Crippen LogP contribution < -0.4 is 0 Å². The van der Waals surface area contributed by atoms with Crippen molar-refractivity contribution in [1.82, 2.24) is 14.7 Å². The van der Waals surface area contributed by atoms with Crippen LogP contribution in [0, 0.1) is 12.8 Å². The monoisotopic (exact) mass is 285 g/mol. The van der Waals surface area contributed by atoms with E-state index in [-0.39, 0.29) is 11.9 Å². The lowest BCUT2D eigenvalue weighted by molar-refractivity contribution is 0.0676. The zero-order valence-electron chi connectivity index (χ0n) is 13.4. The van der Waals surface area contributed by atoms with Crippen molar-refractivity contribution in [2.75, 3.05) is 7.05 Å². The van der Waals surface area contributed by atoms with Gasteiger partial charge in [-0.05, 0) is 24.5 Å². The van der Waals surface area contributed by atoms with E-state index in [4.69, 9.17) is 0 Å². The summed E-state index contributed by atoms with van der Waals surface area (Å²) in [6, 6.07) is 12.0. The van der Waals surface area contributed by atoms with E-state index in [9.17, 15) is 4.79 Å². The summed E-state index contributed by atoms with van der Waals surface area (Å²) >= 11 is 0. The van der Waals surface area contributed by atoms with Crippen LogP contribution in [0.3, 0.4) is 0 Å². The first kappa shape index (κ1) is 15.3. The minimum absolute atomic E-state index is 0.000605. The fraction of sp³-hybridized carbons (Fsp3) is 0.412.